The lowest BCUT2D eigenvalue weighted by Crippen LogP contribution is -2.45. The molecule has 1 heterocycles. The van der Waals surface area contributed by atoms with Gasteiger partial charge in [-0.05, 0) is 73.5 Å². The molecule has 1 saturated heterocycles. The summed E-state index contributed by atoms with van der Waals surface area (Å²) in [6.45, 7) is 4.93. The number of ether oxygens (including phenoxy) is 2. The SMILES string of the molecule is Cc1cc(NC(=O)C(=O)N2CCOCC2)cc(C)c1Oc1ccc(O)c(S(=O)(=O)c2ccc(F)cc2)c1. The molecule has 2 N–H and O–H groups in total. The Bertz CT molecular complexity index is 1430. The Morgan fingerprint density at radius 3 is 2.24 bits per heavy atom. The fourth-order valence-corrected chi connectivity index (χ4v) is 5.27. The number of rotatable bonds is 5. The van der Waals surface area contributed by atoms with Crippen molar-refractivity contribution < 1.29 is 37.0 Å². The van der Waals surface area contributed by atoms with E-state index in [4.69, 9.17) is 9.47 Å². The molecule has 0 spiro atoms. The number of hydrogen-bond donors (Lipinski definition) is 2. The number of carbonyl (C=O) groups is 2. The van der Waals surface area contributed by atoms with Crippen LogP contribution in [-0.4, -0.2) is 56.5 Å². The van der Waals surface area contributed by atoms with Gasteiger partial charge < -0.3 is 24.8 Å². The Morgan fingerprint density at radius 1 is 1.00 bits per heavy atom. The molecule has 1 aliphatic heterocycles. The highest BCUT2D eigenvalue weighted by Gasteiger charge is 2.25. The summed E-state index contributed by atoms with van der Waals surface area (Å²) in [6, 6.07) is 11.3. The number of benzene rings is 3. The van der Waals surface area contributed by atoms with Crippen LogP contribution >= 0.6 is 0 Å². The van der Waals surface area contributed by atoms with Crippen LogP contribution in [0.1, 0.15) is 11.1 Å². The van der Waals surface area contributed by atoms with Crippen LogP contribution in [0, 0.1) is 19.7 Å². The number of amides is 2. The summed E-state index contributed by atoms with van der Waals surface area (Å²) in [4.78, 5) is 25.7. The van der Waals surface area contributed by atoms with Crippen LogP contribution in [0.4, 0.5) is 10.1 Å². The molecule has 3 aromatic rings. The van der Waals surface area contributed by atoms with E-state index in [0.29, 0.717) is 48.9 Å². The maximum absolute atomic E-state index is 13.3. The number of halogens is 1. The van der Waals surface area contributed by atoms with E-state index in [2.05, 4.69) is 5.32 Å². The highest BCUT2D eigenvalue weighted by atomic mass is 32.2. The summed E-state index contributed by atoms with van der Waals surface area (Å²) in [5.74, 6) is -1.91. The molecule has 9 nitrogen and oxygen atoms in total. The number of nitrogens with one attached hydrogen (secondary N) is 1. The molecular formula is C26H25FN2O7S. The van der Waals surface area contributed by atoms with E-state index in [1.54, 1.807) is 26.0 Å². The first kappa shape index (κ1) is 26.1. The number of aromatic hydroxyl groups is 1. The van der Waals surface area contributed by atoms with E-state index in [0.717, 1.165) is 24.3 Å². The van der Waals surface area contributed by atoms with Gasteiger partial charge in [0, 0.05) is 24.8 Å². The van der Waals surface area contributed by atoms with Gasteiger partial charge in [0.1, 0.15) is 28.0 Å². The molecule has 0 radical (unpaired) electrons. The van der Waals surface area contributed by atoms with E-state index < -0.39 is 38.1 Å². The van der Waals surface area contributed by atoms with Gasteiger partial charge in [-0.25, -0.2) is 12.8 Å². The second-order valence-corrected chi connectivity index (χ2v) is 10.4. The fraction of sp³-hybridized carbons (Fsp3) is 0.231. The molecule has 194 valence electrons. The zero-order valence-electron chi connectivity index (χ0n) is 20.2. The normalized spacial score (nSPS) is 13.8. The van der Waals surface area contributed by atoms with Crippen LogP contribution in [-0.2, 0) is 24.2 Å². The van der Waals surface area contributed by atoms with Gasteiger partial charge in [0.2, 0.25) is 9.84 Å². The molecule has 11 heteroatoms. The Balaban J connectivity index is 1.55. The molecule has 0 aromatic heterocycles. The van der Waals surface area contributed by atoms with Crippen LogP contribution < -0.4 is 10.1 Å². The zero-order valence-corrected chi connectivity index (χ0v) is 21.0. The third-order valence-electron chi connectivity index (χ3n) is 5.78. The van der Waals surface area contributed by atoms with E-state index in [-0.39, 0.29) is 10.6 Å². The fourth-order valence-electron chi connectivity index (χ4n) is 3.91. The number of phenolic OH excluding ortho intramolecular Hbond substituents is 1. The first-order valence-corrected chi connectivity index (χ1v) is 12.9. The second kappa shape index (κ2) is 10.6. The molecule has 1 aliphatic rings. The Kier molecular flexibility index (Phi) is 7.46. The molecule has 0 bridgehead atoms. The van der Waals surface area contributed by atoms with Crippen LogP contribution in [0.5, 0.6) is 17.2 Å². The average molecular weight is 529 g/mol. The highest BCUT2D eigenvalue weighted by Crippen LogP contribution is 2.36. The zero-order chi connectivity index (χ0) is 26.7. The van der Waals surface area contributed by atoms with Crippen molar-refractivity contribution in [2.75, 3.05) is 31.6 Å². The molecule has 37 heavy (non-hydrogen) atoms. The van der Waals surface area contributed by atoms with Crippen molar-refractivity contribution in [2.45, 2.75) is 23.6 Å². The highest BCUT2D eigenvalue weighted by molar-refractivity contribution is 7.91. The van der Waals surface area contributed by atoms with Crippen LogP contribution in [0.25, 0.3) is 0 Å². The quantitative estimate of drug-likeness (QED) is 0.384. The molecule has 0 aliphatic carbocycles. The first-order chi connectivity index (χ1) is 17.6. The summed E-state index contributed by atoms with van der Waals surface area (Å²) in [7, 11) is -4.15. The summed E-state index contributed by atoms with van der Waals surface area (Å²) in [6.07, 6.45) is 0. The molecule has 0 unspecified atom stereocenters. The number of sulfone groups is 1. The number of carbonyl (C=O) groups excluding carboxylic acids is 2. The second-order valence-electron chi connectivity index (χ2n) is 8.49. The van der Waals surface area contributed by atoms with Crippen molar-refractivity contribution >= 4 is 27.3 Å². The molecule has 1 fully saturated rings. The third-order valence-corrected chi connectivity index (χ3v) is 7.57. The van der Waals surface area contributed by atoms with Crippen molar-refractivity contribution in [3.8, 4) is 17.2 Å². The Morgan fingerprint density at radius 2 is 1.62 bits per heavy atom. The summed E-state index contributed by atoms with van der Waals surface area (Å²) >= 11 is 0. The summed E-state index contributed by atoms with van der Waals surface area (Å²) in [5.41, 5.74) is 1.63. The maximum atomic E-state index is 13.3. The molecule has 0 saturated carbocycles. The molecule has 4 rings (SSSR count). The van der Waals surface area contributed by atoms with Crippen LogP contribution in [0.2, 0.25) is 0 Å². The predicted molar refractivity (Wildman–Crippen MR) is 132 cm³/mol. The first-order valence-electron chi connectivity index (χ1n) is 11.4. The summed E-state index contributed by atoms with van der Waals surface area (Å²) < 4.78 is 50.4. The third kappa shape index (κ3) is 5.73. The van der Waals surface area contributed by atoms with Crippen molar-refractivity contribution in [3.05, 3.63) is 71.5 Å². The number of morpholine rings is 1. The van der Waals surface area contributed by atoms with E-state index in [1.165, 1.54) is 23.1 Å². The van der Waals surface area contributed by atoms with Gasteiger partial charge in [-0.1, -0.05) is 0 Å². The van der Waals surface area contributed by atoms with Gasteiger partial charge >= 0.3 is 11.8 Å². The number of hydrogen-bond acceptors (Lipinski definition) is 7. The minimum Gasteiger partial charge on any atom is -0.507 e. The van der Waals surface area contributed by atoms with Gasteiger partial charge in [0.15, 0.2) is 0 Å². The lowest BCUT2D eigenvalue weighted by molar-refractivity contribution is -0.145. The van der Waals surface area contributed by atoms with Gasteiger partial charge in [-0.3, -0.25) is 9.59 Å². The smallest absolute Gasteiger partial charge is 0.313 e. The number of phenols is 1. The lowest BCUT2D eigenvalue weighted by Gasteiger charge is -2.26. The van der Waals surface area contributed by atoms with Gasteiger partial charge in [-0.2, -0.15) is 0 Å². The van der Waals surface area contributed by atoms with Crippen LogP contribution in [0.15, 0.2) is 64.4 Å². The van der Waals surface area contributed by atoms with Gasteiger partial charge in [0.25, 0.3) is 0 Å². The Hall–Kier alpha value is -3.96. The predicted octanol–water partition coefficient (Wildman–Crippen LogP) is 3.57. The minimum atomic E-state index is -4.15. The molecule has 2 amide bonds. The summed E-state index contributed by atoms with van der Waals surface area (Å²) in [5, 5.41) is 12.8. The lowest BCUT2D eigenvalue weighted by atomic mass is 10.1. The Labute approximate surface area is 213 Å². The number of nitrogens with zero attached hydrogens (tertiary/aromatic N) is 1. The number of aryl methyl sites for hydroxylation is 2. The molecule has 0 atom stereocenters. The van der Waals surface area contributed by atoms with Gasteiger partial charge in [-0.15, -0.1) is 0 Å². The maximum Gasteiger partial charge on any atom is 0.313 e. The molecular weight excluding hydrogens is 503 g/mol. The van der Waals surface area contributed by atoms with Gasteiger partial charge in [0.05, 0.1) is 18.1 Å². The van der Waals surface area contributed by atoms with Crippen molar-refractivity contribution in [1.29, 1.82) is 0 Å². The largest absolute Gasteiger partial charge is 0.507 e. The van der Waals surface area contributed by atoms with E-state index in [1.807, 2.05) is 0 Å². The topological polar surface area (TPSA) is 122 Å². The van der Waals surface area contributed by atoms with Crippen molar-refractivity contribution in [1.82, 2.24) is 4.90 Å². The molecule has 3 aromatic carbocycles. The minimum absolute atomic E-state index is 0.143. The standard InChI is InChI=1S/C26H25FN2O7S/c1-16-13-19(28-25(31)26(32)29-9-11-35-12-10-29)14-17(2)24(16)36-20-5-8-22(30)23(15-20)37(33,34)21-6-3-18(27)4-7-21/h3-8,13-15,30H,9-12H2,1-2H3,(H,28,31). The van der Waals surface area contributed by atoms with E-state index >= 15 is 0 Å². The average Bonchev–Trinajstić information content (AvgIpc) is 2.87. The number of anilines is 1. The monoisotopic (exact) mass is 528 g/mol. The van der Waals surface area contributed by atoms with Crippen molar-refractivity contribution in [3.63, 3.8) is 0 Å². The van der Waals surface area contributed by atoms with Crippen LogP contribution in [0.3, 0.4) is 0 Å². The van der Waals surface area contributed by atoms with E-state index in [9.17, 15) is 27.5 Å². The van der Waals surface area contributed by atoms with Crippen molar-refractivity contribution in [2.24, 2.45) is 0 Å².